The Morgan fingerprint density at radius 1 is 1.33 bits per heavy atom. The Hall–Kier alpha value is 0.620. The Kier molecular flexibility index (Phi) is 4.27. The maximum atomic E-state index is 5.41. The second kappa shape index (κ2) is 5.30. The van der Waals surface area contributed by atoms with Crippen LogP contribution in [0.1, 0.15) is 16.8 Å². The highest BCUT2D eigenvalue weighted by Crippen LogP contribution is 2.40. The predicted octanol–water partition coefficient (Wildman–Crippen LogP) is 4.68. The molecule has 82 valence electrons. The van der Waals surface area contributed by atoms with Crippen LogP contribution in [0.5, 0.6) is 0 Å². The minimum atomic E-state index is 0.367. The molecule has 1 aliphatic heterocycles. The minimum absolute atomic E-state index is 0.367. The zero-order chi connectivity index (χ0) is 10.8. The number of rotatable bonds is 2. The number of ether oxygens (including phenoxy) is 1. The smallest absolute Gasteiger partial charge is 0.0509 e. The van der Waals surface area contributed by atoms with Crippen molar-refractivity contribution in [3.8, 4) is 0 Å². The zero-order valence-electron chi connectivity index (χ0n) is 8.05. The average molecular weight is 399 g/mol. The number of halogens is 3. The van der Waals surface area contributed by atoms with Gasteiger partial charge in [0, 0.05) is 26.3 Å². The van der Waals surface area contributed by atoms with Crippen LogP contribution < -0.4 is 0 Å². The first kappa shape index (κ1) is 12.1. The molecule has 1 aromatic carbocycles. The number of benzene rings is 1. The Morgan fingerprint density at radius 3 is 2.80 bits per heavy atom. The monoisotopic (exact) mass is 396 g/mol. The topological polar surface area (TPSA) is 9.23 Å². The molecule has 1 nitrogen and oxygen atoms in total. The first-order valence-electron chi connectivity index (χ1n) is 4.85. The molecule has 0 amide bonds. The molecular weight excluding hydrogens is 388 g/mol. The van der Waals surface area contributed by atoms with Crippen LogP contribution in [0.25, 0.3) is 0 Å². The fourth-order valence-electron chi connectivity index (χ4n) is 1.76. The summed E-state index contributed by atoms with van der Waals surface area (Å²) in [6.45, 7) is 1.74. The van der Waals surface area contributed by atoms with E-state index in [-0.39, 0.29) is 0 Å². The van der Waals surface area contributed by atoms with Crippen molar-refractivity contribution < 1.29 is 4.74 Å². The molecule has 0 N–H and O–H groups in total. The molecule has 0 bridgehead atoms. The maximum absolute atomic E-state index is 5.41. The highest BCUT2D eigenvalue weighted by molar-refractivity contribution is 9.11. The van der Waals surface area contributed by atoms with Gasteiger partial charge in [0.05, 0.1) is 6.61 Å². The van der Waals surface area contributed by atoms with Gasteiger partial charge >= 0.3 is 0 Å². The molecule has 2 rings (SSSR count). The van der Waals surface area contributed by atoms with Gasteiger partial charge in [0.25, 0.3) is 0 Å². The van der Waals surface area contributed by atoms with Crippen molar-refractivity contribution in [2.24, 2.45) is 5.92 Å². The van der Waals surface area contributed by atoms with Gasteiger partial charge in [-0.1, -0.05) is 47.8 Å². The number of hydrogen-bond acceptors (Lipinski definition) is 1. The summed E-state index contributed by atoms with van der Waals surface area (Å²) in [6, 6.07) is 6.27. The zero-order valence-corrected chi connectivity index (χ0v) is 12.8. The lowest BCUT2D eigenvalue weighted by atomic mass is 9.99. The third kappa shape index (κ3) is 2.84. The van der Waals surface area contributed by atoms with Crippen LogP contribution in [0.15, 0.2) is 27.1 Å². The third-order valence-electron chi connectivity index (χ3n) is 2.63. The van der Waals surface area contributed by atoms with Crippen molar-refractivity contribution in [3.63, 3.8) is 0 Å². The van der Waals surface area contributed by atoms with E-state index >= 15 is 0 Å². The van der Waals surface area contributed by atoms with Crippen LogP contribution in [0, 0.1) is 5.92 Å². The number of hydrogen-bond donors (Lipinski definition) is 0. The normalized spacial score (nSPS) is 23.0. The molecule has 4 heteroatoms. The van der Waals surface area contributed by atoms with Gasteiger partial charge in [0.2, 0.25) is 0 Å². The van der Waals surface area contributed by atoms with E-state index in [4.69, 9.17) is 4.74 Å². The van der Waals surface area contributed by atoms with Crippen molar-refractivity contribution in [3.05, 3.63) is 32.7 Å². The lowest BCUT2D eigenvalue weighted by Gasteiger charge is -2.17. The Bertz CT molecular complexity index is 348. The summed E-state index contributed by atoms with van der Waals surface area (Å²) in [7, 11) is 0. The molecule has 1 aliphatic rings. The van der Waals surface area contributed by atoms with Gasteiger partial charge in [-0.3, -0.25) is 0 Å². The van der Waals surface area contributed by atoms with Crippen LogP contribution in [-0.4, -0.2) is 13.2 Å². The average Bonchev–Trinajstić information content (AvgIpc) is 2.74. The second-order valence-corrected chi connectivity index (χ2v) is 6.45. The largest absolute Gasteiger partial charge is 0.381 e. The molecule has 1 heterocycles. The van der Waals surface area contributed by atoms with E-state index in [0.717, 1.165) is 28.6 Å². The fraction of sp³-hybridized carbons (Fsp3) is 0.455. The van der Waals surface area contributed by atoms with Crippen molar-refractivity contribution in [2.75, 3.05) is 13.2 Å². The van der Waals surface area contributed by atoms with E-state index in [2.05, 4.69) is 59.9 Å². The molecule has 0 spiro atoms. The van der Waals surface area contributed by atoms with Gasteiger partial charge in [0.15, 0.2) is 0 Å². The lowest BCUT2D eigenvalue weighted by molar-refractivity contribution is 0.185. The molecular formula is C11H11Br3O. The maximum Gasteiger partial charge on any atom is 0.0509 e. The SMILES string of the molecule is Brc1ccc(Br)c(C(Br)C2CCOC2)c1. The van der Waals surface area contributed by atoms with Gasteiger partial charge in [-0.05, 0) is 30.2 Å². The summed E-state index contributed by atoms with van der Waals surface area (Å²) >= 11 is 10.9. The quantitative estimate of drug-likeness (QED) is 0.657. The van der Waals surface area contributed by atoms with Crippen molar-refractivity contribution in [1.29, 1.82) is 0 Å². The molecule has 2 atom stereocenters. The predicted molar refractivity (Wildman–Crippen MR) is 72.4 cm³/mol. The van der Waals surface area contributed by atoms with Gasteiger partial charge in [-0.25, -0.2) is 0 Å². The Balaban J connectivity index is 2.23. The molecule has 0 saturated carbocycles. The van der Waals surface area contributed by atoms with Crippen LogP contribution in [0.2, 0.25) is 0 Å². The van der Waals surface area contributed by atoms with E-state index in [1.165, 1.54) is 5.56 Å². The summed E-state index contributed by atoms with van der Waals surface area (Å²) < 4.78 is 7.68. The summed E-state index contributed by atoms with van der Waals surface area (Å²) in [4.78, 5) is 0.367. The standard InChI is InChI=1S/C11H11Br3O/c12-8-1-2-10(13)9(5-8)11(14)7-3-4-15-6-7/h1-2,5,7,11H,3-4,6H2. The van der Waals surface area contributed by atoms with E-state index in [1.54, 1.807) is 0 Å². The summed E-state index contributed by atoms with van der Waals surface area (Å²) in [6.07, 6.45) is 1.13. The molecule has 1 fully saturated rings. The van der Waals surface area contributed by atoms with Crippen LogP contribution >= 0.6 is 47.8 Å². The highest BCUT2D eigenvalue weighted by Gasteiger charge is 2.26. The highest BCUT2D eigenvalue weighted by atomic mass is 79.9. The summed E-state index contributed by atoms with van der Waals surface area (Å²) in [5.74, 6) is 0.579. The van der Waals surface area contributed by atoms with Crippen molar-refractivity contribution in [2.45, 2.75) is 11.2 Å². The molecule has 0 aromatic heterocycles. The van der Waals surface area contributed by atoms with Gasteiger partial charge in [-0.15, -0.1) is 0 Å². The molecule has 1 aromatic rings. The molecule has 0 radical (unpaired) electrons. The Labute approximate surface area is 115 Å². The summed E-state index contributed by atoms with van der Waals surface area (Å²) in [5.41, 5.74) is 1.29. The van der Waals surface area contributed by atoms with Gasteiger partial charge in [0.1, 0.15) is 0 Å². The minimum Gasteiger partial charge on any atom is -0.381 e. The molecule has 2 unspecified atom stereocenters. The third-order valence-corrected chi connectivity index (χ3v) is 5.09. The van der Waals surface area contributed by atoms with E-state index in [0.29, 0.717) is 10.7 Å². The van der Waals surface area contributed by atoms with Gasteiger partial charge in [-0.2, -0.15) is 0 Å². The molecule has 1 saturated heterocycles. The van der Waals surface area contributed by atoms with E-state index in [9.17, 15) is 0 Å². The second-order valence-electron chi connectivity index (χ2n) is 3.69. The Morgan fingerprint density at radius 2 is 2.13 bits per heavy atom. The van der Waals surface area contributed by atoms with Gasteiger partial charge < -0.3 is 4.74 Å². The number of alkyl halides is 1. The lowest BCUT2D eigenvalue weighted by Crippen LogP contribution is -2.07. The van der Waals surface area contributed by atoms with Crippen molar-refractivity contribution >= 4 is 47.8 Å². The van der Waals surface area contributed by atoms with Crippen LogP contribution in [0.3, 0.4) is 0 Å². The summed E-state index contributed by atoms with van der Waals surface area (Å²) in [5, 5.41) is 0. The van der Waals surface area contributed by atoms with E-state index in [1.807, 2.05) is 6.07 Å². The van der Waals surface area contributed by atoms with Crippen molar-refractivity contribution in [1.82, 2.24) is 0 Å². The molecule has 15 heavy (non-hydrogen) atoms. The first-order chi connectivity index (χ1) is 7.18. The first-order valence-corrected chi connectivity index (χ1v) is 7.35. The van der Waals surface area contributed by atoms with Crippen LogP contribution in [0.4, 0.5) is 0 Å². The fourth-order valence-corrected chi connectivity index (χ4v) is 3.74. The molecule has 0 aliphatic carbocycles. The van der Waals surface area contributed by atoms with Crippen LogP contribution in [-0.2, 0) is 4.74 Å². The van der Waals surface area contributed by atoms with E-state index < -0.39 is 0 Å².